The molecule has 0 unspecified atom stereocenters. The summed E-state index contributed by atoms with van der Waals surface area (Å²) in [6, 6.07) is 3.08. The number of benzene rings is 1. The van der Waals surface area contributed by atoms with Crippen LogP contribution in [-0.4, -0.2) is 35.2 Å². The first-order valence-corrected chi connectivity index (χ1v) is 9.27. The molecule has 7 nitrogen and oxygen atoms in total. The number of hydrogen-bond donors (Lipinski definition) is 2. The number of aromatic carboxylic acids is 1. The Morgan fingerprint density at radius 3 is 2.69 bits per heavy atom. The third kappa shape index (κ3) is 5.09. The maximum Gasteiger partial charge on any atom is 0.355 e. The number of carboxylic acid groups (broad SMARTS) is 1. The van der Waals surface area contributed by atoms with Gasteiger partial charge in [0, 0.05) is 10.9 Å². The van der Waals surface area contributed by atoms with Crippen LogP contribution in [0.2, 0.25) is 5.02 Å². The van der Waals surface area contributed by atoms with Crippen LogP contribution in [0.25, 0.3) is 0 Å². The molecule has 1 aromatic heterocycles. The quantitative estimate of drug-likeness (QED) is 0.669. The SMILES string of the molecule is CCCOc1c(Cl)cc(C(=O)NCc2nc(C(=O)O)cs2)cc1OCC. The number of amides is 1. The highest BCUT2D eigenvalue weighted by molar-refractivity contribution is 7.09. The summed E-state index contributed by atoms with van der Waals surface area (Å²) in [4.78, 5) is 27.1. The monoisotopic (exact) mass is 398 g/mol. The van der Waals surface area contributed by atoms with Crippen molar-refractivity contribution in [3.63, 3.8) is 0 Å². The van der Waals surface area contributed by atoms with E-state index in [-0.39, 0.29) is 23.2 Å². The van der Waals surface area contributed by atoms with Crippen molar-refractivity contribution in [2.45, 2.75) is 26.8 Å². The van der Waals surface area contributed by atoms with Gasteiger partial charge < -0.3 is 19.9 Å². The lowest BCUT2D eigenvalue weighted by atomic mass is 10.2. The smallest absolute Gasteiger partial charge is 0.355 e. The molecule has 140 valence electrons. The van der Waals surface area contributed by atoms with Crippen LogP contribution in [0, 0.1) is 0 Å². The van der Waals surface area contributed by atoms with Gasteiger partial charge in [-0.05, 0) is 25.5 Å². The van der Waals surface area contributed by atoms with Crippen molar-refractivity contribution in [2.75, 3.05) is 13.2 Å². The van der Waals surface area contributed by atoms with E-state index in [0.29, 0.717) is 35.3 Å². The van der Waals surface area contributed by atoms with E-state index < -0.39 is 5.97 Å². The number of carboxylic acids is 1. The van der Waals surface area contributed by atoms with E-state index in [1.54, 1.807) is 6.07 Å². The summed E-state index contributed by atoms with van der Waals surface area (Å²) >= 11 is 7.41. The van der Waals surface area contributed by atoms with Gasteiger partial charge in [0.15, 0.2) is 17.2 Å². The summed E-state index contributed by atoms with van der Waals surface area (Å²) < 4.78 is 11.1. The molecule has 0 radical (unpaired) electrons. The second-order valence-electron chi connectivity index (χ2n) is 5.18. The Hall–Kier alpha value is -2.32. The predicted octanol–water partition coefficient (Wildman–Crippen LogP) is 3.61. The average Bonchev–Trinajstić information content (AvgIpc) is 3.08. The Balaban J connectivity index is 2.12. The van der Waals surface area contributed by atoms with Crippen molar-refractivity contribution in [3.05, 3.63) is 38.8 Å². The molecule has 9 heteroatoms. The molecule has 2 N–H and O–H groups in total. The van der Waals surface area contributed by atoms with Crippen molar-refractivity contribution in [2.24, 2.45) is 0 Å². The molecule has 0 saturated heterocycles. The van der Waals surface area contributed by atoms with Gasteiger partial charge in [0.1, 0.15) is 5.01 Å². The minimum absolute atomic E-state index is 0.0432. The second kappa shape index (κ2) is 9.40. The predicted molar refractivity (Wildman–Crippen MR) is 98.7 cm³/mol. The highest BCUT2D eigenvalue weighted by Gasteiger charge is 2.17. The topological polar surface area (TPSA) is 97.8 Å². The minimum Gasteiger partial charge on any atom is -0.490 e. The molecule has 0 atom stereocenters. The van der Waals surface area contributed by atoms with Crippen molar-refractivity contribution < 1.29 is 24.2 Å². The molecule has 0 saturated carbocycles. The Labute approximate surface area is 159 Å². The largest absolute Gasteiger partial charge is 0.490 e. The maximum atomic E-state index is 12.4. The van der Waals surface area contributed by atoms with Gasteiger partial charge >= 0.3 is 5.97 Å². The van der Waals surface area contributed by atoms with Gasteiger partial charge in [-0.2, -0.15) is 0 Å². The summed E-state index contributed by atoms with van der Waals surface area (Å²) in [6.07, 6.45) is 0.816. The van der Waals surface area contributed by atoms with Gasteiger partial charge in [0.25, 0.3) is 5.91 Å². The van der Waals surface area contributed by atoms with Crippen LogP contribution in [-0.2, 0) is 6.54 Å². The zero-order chi connectivity index (χ0) is 19.1. The van der Waals surface area contributed by atoms with Crippen LogP contribution in [0.15, 0.2) is 17.5 Å². The molecule has 1 aromatic carbocycles. The molecular formula is C17H19ClN2O5S. The standard InChI is InChI=1S/C17H19ClN2O5S/c1-3-5-25-15-11(18)6-10(7-13(15)24-4-2)16(21)19-8-14-20-12(9-26-14)17(22)23/h6-7,9H,3-5,8H2,1-2H3,(H,19,21)(H,22,23). The van der Waals surface area contributed by atoms with Gasteiger partial charge in [-0.3, -0.25) is 4.79 Å². The highest BCUT2D eigenvalue weighted by Crippen LogP contribution is 2.36. The fraction of sp³-hybridized carbons (Fsp3) is 0.353. The fourth-order valence-corrected chi connectivity index (χ4v) is 3.03. The number of ether oxygens (including phenoxy) is 2. The Morgan fingerprint density at radius 1 is 1.31 bits per heavy atom. The Kier molecular flexibility index (Phi) is 7.23. The van der Waals surface area contributed by atoms with Gasteiger partial charge in [-0.15, -0.1) is 11.3 Å². The number of carbonyl (C=O) groups excluding carboxylic acids is 1. The van der Waals surface area contributed by atoms with Crippen LogP contribution >= 0.6 is 22.9 Å². The van der Waals surface area contributed by atoms with Gasteiger partial charge in [0.2, 0.25) is 0 Å². The van der Waals surface area contributed by atoms with E-state index in [1.165, 1.54) is 11.4 Å². The lowest BCUT2D eigenvalue weighted by Crippen LogP contribution is -2.23. The van der Waals surface area contributed by atoms with E-state index in [9.17, 15) is 9.59 Å². The summed E-state index contributed by atoms with van der Waals surface area (Å²) in [5, 5.41) is 13.8. The molecule has 0 aliphatic heterocycles. The van der Waals surface area contributed by atoms with Gasteiger partial charge in [-0.25, -0.2) is 9.78 Å². The number of halogens is 1. The summed E-state index contributed by atoms with van der Waals surface area (Å²) in [5.41, 5.74) is 0.274. The van der Waals surface area contributed by atoms with Gasteiger partial charge in [0.05, 0.1) is 24.8 Å². The van der Waals surface area contributed by atoms with Crippen LogP contribution in [0.4, 0.5) is 0 Å². The van der Waals surface area contributed by atoms with Crippen molar-refractivity contribution in [1.29, 1.82) is 0 Å². The average molecular weight is 399 g/mol. The zero-order valence-corrected chi connectivity index (χ0v) is 15.9. The maximum absolute atomic E-state index is 12.4. The van der Waals surface area contributed by atoms with Crippen molar-refractivity contribution >= 4 is 34.8 Å². The lowest BCUT2D eigenvalue weighted by molar-refractivity contribution is 0.0691. The molecular weight excluding hydrogens is 380 g/mol. The Bertz CT molecular complexity index is 793. The number of hydrogen-bond acceptors (Lipinski definition) is 6. The van der Waals surface area contributed by atoms with Crippen molar-refractivity contribution in [3.8, 4) is 11.5 Å². The fourth-order valence-electron chi connectivity index (χ4n) is 2.05. The van der Waals surface area contributed by atoms with Crippen LogP contribution in [0.3, 0.4) is 0 Å². The molecule has 0 fully saturated rings. The molecule has 26 heavy (non-hydrogen) atoms. The molecule has 0 aliphatic rings. The molecule has 1 amide bonds. The van der Waals surface area contributed by atoms with Gasteiger partial charge in [-0.1, -0.05) is 18.5 Å². The number of nitrogens with zero attached hydrogens (tertiary/aromatic N) is 1. The molecule has 0 aliphatic carbocycles. The normalized spacial score (nSPS) is 10.4. The first-order valence-electron chi connectivity index (χ1n) is 8.01. The highest BCUT2D eigenvalue weighted by atomic mass is 35.5. The van der Waals surface area contributed by atoms with Crippen molar-refractivity contribution in [1.82, 2.24) is 10.3 Å². The first-order chi connectivity index (χ1) is 12.5. The number of nitrogens with one attached hydrogen (secondary N) is 1. The molecule has 0 bridgehead atoms. The first kappa shape index (κ1) is 20.0. The van der Waals surface area contributed by atoms with Crippen LogP contribution < -0.4 is 14.8 Å². The van der Waals surface area contributed by atoms with E-state index >= 15 is 0 Å². The van der Waals surface area contributed by atoms with Crippen LogP contribution in [0.1, 0.15) is 46.1 Å². The van der Waals surface area contributed by atoms with E-state index in [1.807, 2.05) is 13.8 Å². The molecule has 2 rings (SSSR count). The number of carbonyl (C=O) groups is 2. The summed E-state index contributed by atoms with van der Waals surface area (Å²) in [5.74, 6) is -0.657. The number of thiazole rings is 1. The summed E-state index contributed by atoms with van der Waals surface area (Å²) in [6.45, 7) is 4.81. The van der Waals surface area contributed by atoms with Crippen LogP contribution in [0.5, 0.6) is 11.5 Å². The lowest BCUT2D eigenvalue weighted by Gasteiger charge is -2.14. The minimum atomic E-state index is -1.10. The number of aromatic nitrogens is 1. The summed E-state index contributed by atoms with van der Waals surface area (Å²) in [7, 11) is 0. The number of rotatable bonds is 9. The molecule has 2 aromatic rings. The van der Waals surface area contributed by atoms with E-state index in [0.717, 1.165) is 17.8 Å². The molecule has 1 heterocycles. The van der Waals surface area contributed by atoms with E-state index in [4.69, 9.17) is 26.2 Å². The zero-order valence-electron chi connectivity index (χ0n) is 14.4. The third-order valence-corrected chi connectivity index (χ3v) is 4.32. The van der Waals surface area contributed by atoms with E-state index in [2.05, 4.69) is 10.3 Å². The molecule has 0 spiro atoms. The Morgan fingerprint density at radius 2 is 2.08 bits per heavy atom. The third-order valence-electron chi connectivity index (χ3n) is 3.19. The second-order valence-corrected chi connectivity index (χ2v) is 6.53.